The summed E-state index contributed by atoms with van der Waals surface area (Å²) >= 11 is 1.46. The quantitative estimate of drug-likeness (QED) is 0.580. The standard InChI is InChI=1S/C4H9O.Sn/c1-4(2)5-3;/h4H,3H2,1-2H3;. The second kappa shape index (κ2) is 3.93. The zero-order valence-corrected chi connectivity index (χ0v) is 7.05. The van der Waals surface area contributed by atoms with Crippen molar-refractivity contribution in [3.8, 4) is 0 Å². The van der Waals surface area contributed by atoms with E-state index in [9.17, 15) is 0 Å². The zero-order valence-electron chi connectivity index (χ0n) is 4.19. The van der Waals surface area contributed by atoms with Crippen LogP contribution in [0.4, 0.5) is 0 Å². The number of hydrogen-bond acceptors (Lipinski definition) is 1. The van der Waals surface area contributed by atoms with Crippen LogP contribution in [-0.2, 0) is 4.74 Å². The molecule has 0 aromatic rings. The second-order valence-electron chi connectivity index (χ2n) is 1.36. The van der Waals surface area contributed by atoms with Crippen molar-refractivity contribution in [3.63, 3.8) is 0 Å². The van der Waals surface area contributed by atoms with Gasteiger partial charge in [-0.1, -0.05) is 0 Å². The zero-order chi connectivity index (χ0) is 4.99. The molecule has 0 saturated carbocycles. The van der Waals surface area contributed by atoms with E-state index in [0.29, 0.717) is 6.10 Å². The van der Waals surface area contributed by atoms with Gasteiger partial charge in [0.1, 0.15) is 0 Å². The average Bonchev–Trinajstić information content (AvgIpc) is 1.35. The Morgan fingerprint density at radius 1 is 1.67 bits per heavy atom. The minimum atomic E-state index is 0.421. The van der Waals surface area contributed by atoms with E-state index in [2.05, 4.69) is 0 Å². The van der Waals surface area contributed by atoms with Gasteiger partial charge in [0.25, 0.3) is 0 Å². The predicted octanol–water partition coefficient (Wildman–Crippen LogP) is 0.537. The summed E-state index contributed by atoms with van der Waals surface area (Å²) in [5, 5.41) is 0. The van der Waals surface area contributed by atoms with E-state index >= 15 is 0 Å². The Hall–Kier alpha value is 0.759. The Kier molecular flexibility index (Phi) is 4.43. The minimum absolute atomic E-state index is 0.421. The molecule has 0 saturated heterocycles. The van der Waals surface area contributed by atoms with Gasteiger partial charge in [0.2, 0.25) is 0 Å². The predicted molar refractivity (Wildman–Crippen MR) is 26.8 cm³/mol. The molecule has 0 heterocycles. The van der Waals surface area contributed by atoms with Crippen molar-refractivity contribution in [2.45, 2.75) is 20.0 Å². The number of rotatable bonds is 2. The molecule has 0 aliphatic carbocycles. The molecule has 0 amide bonds. The first-order valence-electron chi connectivity index (χ1n) is 2.03. The van der Waals surface area contributed by atoms with Crippen LogP contribution in [0.25, 0.3) is 0 Å². The first-order valence-corrected chi connectivity index (χ1v) is 4.05. The van der Waals surface area contributed by atoms with Gasteiger partial charge in [-0.05, 0) is 0 Å². The molecular weight excluding hydrogens is 183 g/mol. The summed E-state index contributed by atoms with van der Waals surface area (Å²) in [6, 6.07) is 0. The van der Waals surface area contributed by atoms with Gasteiger partial charge in [-0.25, -0.2) is 0 Å². The van der Waals surface area contributed by atoms with Crippen LogP contribution >= 0.6 is 0 Å². The molecule has 6 heavy (non-hydrogen) atoms. The van der Waals surface area contributed by atoms with E-state index in [4.69, 9.17) is 4.74 Å². The third-order valence-corrected chi connectivity index (χ3v) is 0.892. The molecule has 0 aromatic heterocycles. The summed E-state index contributed by atoms with van der Waals surface area (Å²) in [5.74, 6) is 0. The molecule has 0 aliphatic rings. The van der Waals surface area contributed by atoms with Gasteiger partial charge in [0.05, 0.1) is 0 Å². The van der Waals surface area contributed by atoms with E-state index in [-0.39, 0.29) is 0 Å². The van der Waals surface area contributed by atoms with Crippen LogP contribution in [-0.4, -0.2) is 33.3 Å². The van der Waals surface area contributed by atoms with Crippen molar-refractivity contribution in [2.24, 2.45) is 0 Å². The molecule has 2 heteroatoms. The summed E-state index contributed by atoms with van der Waals surface area (Å²) < 4.78 is 6.00. The van der Waals surface area contributed by atoms with Crippen LogP contribution in [0.2, 0.25) is 0 Å². The van der Waals surface area contributed by atoms with Gasteiger partial charge in [-0.3, -0.25) is 0 Å². The molecule has 3 radical (unpaired) electrons. The third kappa shape index (κ3) is 4.76. The van der Waals surface area contributed by atoms with Crippen molar-refractivity contribution in [1.82, 2.24) is 0 Å². The van der Waals surface area contributed by atoms with Crippen LogP contribution in [0, 0.1) is 0 Å². The molecule has 0 N–H and O–H groups in total. The number of ether oxygens (including phenoxy) is 1. The number of hydrogen-bond donors (Lipinski definition) is 0. The maximum atomic E-state index is 5.08. The van der Waals surface area contributed by atoms with Crippen molar-refractivity contribution >= 4 is 22.5 Å². The maximum absolute atomic E-state index is 5.08. The van der Waals surface area contributed by atoms with Crippen molar-refractivity contribution in [2.75, 3.05) is 4.62 Å². The first-order chi connectivity index (χ1) is 2.77. The fourth-order valence-corrected chi connectivity index (χ4v) is 1.12. The van der Waals surface area contributed by atoms with Gasteiger partial charge in [0.15, 0.2) is 0 Å². The third-order valence-electron chi connectivity index (χ3n) is 0.417. The SMILES string of the molecule is CC(C)O[CH2][Sn]. The first kappa shape index (κ1) is 6.76. The van der Waals surface area contributed by atoms with Gasteiger partial charge in [-0.15, -0.1) is 0 Å². The van der Waals surface area contributed by atoms with Crippen LogP contribution in [0.15, 0.2) is 0 Å². The topological polar surface area (TPSA) is 9.23 Å². The average molecular weight is 192 g/mol. The monoisotopic (exact) mass is 193 g/mol. The van der Waals surface area contributed by atoms with E-state index in [1.54, 1.807) is 0 Å². The molecule has 0 aromatic carbocycles. The molecule has 0 spiro atoms. The van der Waals surface area contributed by atoms with Crippen LogP contribution in [0.5, 0.6) is 0 Å². The van der Waals surface area contributed by atoms with Crippen molar-refractivity contribution in [1.29, 1.82) is 0 Å². The van der Waals surface area contributed by atoms with Crippen LogP contribution < -0.4 is 0 Å². The molecule has 0 aliphatic heterocycles. The summed E-state index contributed by atoms with van der Waals surface area (Å²) in [5.41, 5.74) is 0. The summed E-state index contributed by atoms with van der Waals surface area (Å²) in [6.07, 6.45) is 0.421. The summed E-state index contributed by atoms with van der Waals surface area (Å²) in [4.78, 5) is 0. The van der Waals surface area contributed by atoms with Gasteiger partial charge in [-0.2, -0.15) is 0 Å². The summed E-state index contributed by atoms with van der Waals surface area (Å²) in [6.45, 7) is 4.09. The van der Waals surface area contributed by atoms with E-state index < -0.39 is 0 Å². The molecule has 0 fully saturated rings. The molecule has 1 nitrogen and oxygen atoms in total. The molecule has 0 rings (SSSR count). The molecule has 0 atom stereocenters. The van der Waals surface area contributed by atoms with E-state index in [1.807, 2.05) is 13.8 Å². The van der Waals surface area contributed by atoms with Gasteiger partial charge in [0, 0.05) is 0 Å². The summed E-state index contributed by atoms with van der Waals surface area (Å²) in [7, 11) is 0. The fraction of sp³-hybridized carbons (Fsp3) is 1.00. The van der Waals surface area contributed by atoms with E-state index in [0.717, 1.165) is 4.62 Å². The molecule has 35 valence electrons. The Labute approximate surface area is 52.2 Å². The van der Waals surface area contributed by atoms with Crippen molar-refractivity contribution < 1.29 is 4.74 Å². The Balaban J connectivity index is 2.63. The normalized spacial score (nSPS) is 10.0. The Morgan fingerprint density at radius 2 is 2.17 bits per heavy atom. The fourth-order valence-electron chi connectivity index (χ4n) is 0.167. The Bertz CT molecular complexity index is 28.7. The van der Waals surface area contributed by atoms with Gasteiger partial charge < -0.3 is 0 Å². The molecule has 0 unspecified atom stereocenters. The molecular formula is C4H9OSn. The Morgan fingerprint density at radius 3 is 2.17 bits per heavy atom. The van der Waals surface area contributed by atoms with Crippen LogP contribution in [0.3, 0.4) is 0 Å². The molecule has 0 bridgehead atoms. The van der Waals surface area contributed by atoms with Crippen molar-refractivity contribution in [3.05, 3.63) is 0 Å². The van der Waals surface area contributed by atoms with E-state index in [1.165, 1.54) is 22.5 Å². The second-order valence-corrected chi connectivity index (χ2v) is 2.18. The van der Waals surface area contributed by atoms with Gasteiger partial charge >= 0.3 is 51.8 Å². The van der Waals surface area contributed by atoms with Crippen LogP contribution in [0.1, 0.15) is 13.8 Å².